The van der Waals surface area contributed by atoms with E-state index in [1.807, 2.05) is 11.8 Å². The van der Waals surface area contributed by atoms with Crippen LogP contribution in [0.25, 0.3) is 0 Å². The van der Waals surface area contributed by atoms with E-state index in [4.69, 9.17) is 4.74 Å². The molecule has 1 fully saturated rings. The first-order valence-electron chi connectivity index (χ1n) is 3.16. The molecule has 1 nitrogen and oxygen atoms in total. The Bertz CT molecular complexity index is 59.5. The Labute approximate surface area is 54.8 Å². The molecule has 0 unspecified atom stereocenters. The SMILES string of the molecule is CCC[C@@H]1OCCS1. The van der Waals surface area contributed by atoms with Gasteiger partial charge in [0.25, 0.3) is 0 Å². The molecular weight excluding hydrogens is 120 g/mol. The van der Waals surface area contributed by atoms with Crippen molar-refractivity contribution in [3.05, 3.63) is 0 Å². The largest absolute Gasteiger partial charge is 0.367 e. The molecule has 0 aromatic rings. The van der Waals surface area contributed by atoms with Crippen LogP contribution in [-0.4, -0.2) is 17.8 Å². The van der Waals surface area contributed by atoms with Crippen molar-refractivity contribution in [2.24, 2.45) is 0 Å². The fourth-order valence-electron chi connectivity index (χ4n) is 0.810. The lowest BCUT2D eigenvalue weighted by Gasteiger charge is -2.03. The molecule has 0 saturated carbocycles. The number of hydrogen-bond donors (Lipinski definition) is 0. The minimum atomic E-state index is 0.528. The average molecular weight is 132 g/mol. The number of hydrogen-bond acceptors (Lipinski definition) is 2. The highest BCUT2D eigenvalue weighted by atomic mass is 32.2. The second-order valence-electron chi connectivity index (χ2n) is 1.96. The maximum absolute atomic E-state index is 5.36. The van der Waals surface area contributed by atoms with Gasteiger partial charge in [0, 0.05) is 5.75 Å². The molecule has 2 heteroatoms. The zero-order chi connectivity index (χ0) is 5.82. The molecule has 0 aromatic heterocycles. The van der Waals surface area contributed by atoms with Crippen LogP contribution < -0.4 is 0 Å². The summed E-state index contributed by atoms with van der Waals surface area (Å²) in [5.41, 5.74) is 0.528. The zero-order valence-corrected chi connectivity index (χ0v) is 6.04. The molecule has 0 amide bonds. The minimum absolute atomic E-state index is 0.528. The van der Waals surface area contributed by atoms with Crippen molar-refractivity contribution < 1.29 is 4.74 Å². The zero-order valence-electron chi connectivity index (χ0n) is 5.22. The Balaban J connectivity index is 2.06. The standard InChI is InChI=1S/C6H12OS/c1-2-3-6-7-4-5-8-6/h6H,2-5H2,1H3/t6-/m1/s1. The van der Waals surface area contributed by atoms with E-state index in [9.17, 15) is 0 Å². The van der Waals surface area contributed by atoms with Gasteiger partial charge < -0.3 is 4.74 Å². The van der Waals surface area contributed by atoms with Gasteiger partial charge in [-0.25, -0.2) is 0 Å². The van der Waals surface area contributed by atoms with Gasteiger partial charge in [-0.2, -0.15) is 0 Å². The van der Waals surface area contributed by atoms with Crippen LogP contribution in [0.1, 0.15) is 19.8 Å². The van der Waals surface area contributed by atoms with Gasteiger partial charge in [-0.05, 0) is 6.42 Å². The topological polar surface area (TPSA) is 9.23 Å². The third-order valence-electron chi connectivity index (χ3n) is 1.22. The number of thioether (sulfide) groups is 1. The van der Waals surface area contributed by atoms with E-state index in [2.05, 4.69) is 6.92 Å². The van der Waals surface area contributed by atoms with E-state index in [0.717, 1.165) is 6.61 Å². The lowest BCUT2D eigenvalue weighted by Crippen LogP contribution is -1.98. The molecule has 48 valence electrons. The Hall–Kier alpha value is 0.310. The second kappa shape index (κ2) is 3.36. The van der Waals surface area contributed by atoms with Crippen LogP contribution in [0.4, 0.5) is 0 Å². The van der Waals surface area contributed by atoms with Crippen LogP contribution in [0.5, 0.6) is 0 Å². The molecule has 1 aliphatic rings. The van der Waals surface area contributed by atoms with E-state index in [0.29, 0.717) is 5.44 Å². The van der Waals surface area contributed by atoms with Crippen LogP contribution in [0, 0.1) is 0 Å². The predicted octanol–water partition coefficient (Wildman–Crippen LogP) is 1.88. The second-order valence-corrected chi connectivity index (χ2v) is 3.23. The molecule has 1 rings (SSSR count). The lowest BCUT2D eigenvalue weighted by molar-refractivity contribution is 0.136. The summed E-state index contributed by atoms with van der Waals surface area (Å²) in [6.45, 7) is 3.16. The normalized spacial score (nSPS) is 28.9. The molecule has 1 saturated heterocycles. The van der Waals surface area contributed by atoms with E-state index in [-0.39, 0.29) is 0 Å². The van der Waals surface area contributed by atoms with Gasteiger partial charge in [0.05, 0.1) is 6.61 Å². The highest BCUT2D eigenvalue weighted by molar-refractivity contribution is 7.99. The van der Waals surface area contributed by atoms with E-state index < -0.39 is 0 Å². The van der Waals surface area contributed by atoms with E-state index in [1.165, 1.54) is 18.6 Å². The molecular formula is C6H12OS. The molecule has 1 atom stereocenters. The van der Waals surface area contributed by atoms with Gasteiger partial charge in [0.2, 0.25) is 0 Å². The summed E-state index contributed by atoms with van der Waals surface area (Å²) >= 11 is 1.94. The van der Waals surface area contributed by atoms with Gasteiger partial charge in [-0.3, -0.25) is 0 Å². The quantitative estimate of drug-likeness (QED) is 0.567. The van der Waals surface area contributed by atoms with Crippen molar-refractivity contribution >= 4 is 11.8 Å². The molecule has 0 N–H and O–H groups in total. The summed E-state index contributed by atoms with van der Waals surface area (Å²) in [7, 11) is 0. The van der Waals surface area contributed by atoms with Crippen LogP contribution in [0.3, 0.4) is 0 Å². The van der Waals surface area contributed by atoms with Gasteiger partial charge in [-0.15, -0.1) is 11.8 Å². The molecule has 1 heterocycles. The van der Waals surface area contributed by atoms with Crippen molar-refractivity contribution in [1.82, 2.24) is 0 Å². The van der Waals surface area contributed by atoms with Crippen molar-refractivity contribution in [2.45, 2.75) is 25.2 Å². The monoisotopic (exact) mass is 132 g/mol. The Kier molecular flexibility index (Phi) is 2.70. The Morgan fingerprint density at radius 2 is 2.62 bits per heavy atom. The average Bonchev–Trinajstić information content (AvgIpc) is 2.19. The van der Waals surface area contributed by atoms with Gasteiger partial charge in [0.15, 0.2) is 0 Å². The molecule has 0 spiro atoms. The minimum Gasteiger partial charge on any atom is -0.367 e. The third-order valence-corrected chi connectivity index (χ3v) is 2.36. The summed E-state index contributed by atoms with van der Waals surface area (Å²) in [4.78, 5) is 0. The van der Waals surface area contributed by atoms with Gasteiger partial charge >= 0.3 is 0 Å². The highest BCUT2D eigenvalue weighted by Gasteiger charge is 2.13. The summed E-state index contributed by atoms with van der Waals surface area (Å²) in [6, 6.07) is 0. The smallest absolute Gasteiger partial charge is 0.103 e. The van der Waals surface area contributed by atoms with Crippen LogP contribution in [0.15, 0.2) is 0 Å². The fourth-order valence-corrected chi connectivity index (χ4v) is 1.86. The van der Waals surface area contributed by atoms with Crippen molar-refractivity contribution in [3.8, 4) is 0 Å². The van der Waals surface area contributed by atoms with Crippen LogP contribution in [0.2, 0.25) is 0 Å². The summed E-state index contributed by atoms with van der Waals surface area (Å²) in [5, 5.41) is 0. The molecule has 8 heavy (non-hydrogen) atoms. The molecule has 0 radical (unpaired) electrons. The summed E-state index contributed by atoms with van der Waals surface area (Å²) in [6.07, 6.45) is 2.47. The first-order chi connectivity index (χ1) is 3.93. The van der Waals surface area contributed by atoms with Crippen molar-refractivity contribution in [2.75, 3.05) is 12.4 Å². The Morgan fingerprint density at radius 1 is 1.75 bits per heavy atom. The number of ether oxygens (including phenoxy) is 1. The highest BCUT2D eigenvalue weighted by Crippen LogP contribution is 2.23. The maximum Gasteiger partial charge on any atom is 0.103 e. The van der Waals surface area contributed by atoms with Crippen molar-refractivity contribution in [3.63, 3.8) is 0 Å². The fraction of sp³-hybridized carbons (Fsp3) is 1.00. The van der Waals surface area contributed by atoms with E-state index >= 15 is 0 Å². The van der Waals surface area contributed by atoms with Crippen LogP contribution in [-0.2, 0) is 4.74 Å². The van der Waals surface area contributed by atoms with Crippen molar-refractivity contribution in [1.29, 1.82) is 0 Å². The first kappa shape index (κ1) is 6.43. The Morgan fingerprint density at radius 3 is 3.12 bits per heavy atom. The molecule has 0 bridgehead atoms. The number of rotatable bonds is 2. The summed E-state index contributed by atoms with van der Waals surface area (Å²) < 4.78 is 5.36. The first-order valence-corrected chi connectivity index (χ1v) is 4.21. The molecule has 1 aliphatic heterocycles. The molecule has 0 aromatic carbocycles. The maximum atomic E-state index is 5.36. The lowest BCUT2D eigenvalue weighted by atomic mass is 10.4. The molecule has 0 aliphatic carbocycles. The predicted molar refractivity (Wildman–Crippen MR) is 37.1 cm³/mol. The van der Waals surface area contributed by atoms with Gasteiger partial charge in [-0.1, -0.05) is 13.3 Å². The van der Waals surface area contributed by atoms with Crippen LogP contribution >= 0.6 is 11.8 Å². The summed E-state index contributed by atoms with van der Waals surface area (Å²) in [5.74, 6) is 1.20. The third kappa shape index (κ3) is 1.67. The van der Waals surface area contributed by atoms with E-state index in [1.54, 1.807) is 0 Å². The van der Waals surface area contributed by atoms with Gasteiger partial charge in [0.1, 0.15) is 5.44 Å².